The first-order valence-corrected chi connectivity index (χ1v) is 7.96. The second-order valence-corrected chi connectivity index (χ2v) is 5.98. The molecule has 6 heteroatoms. The second kappa shape index (κ2) is 7.70. The minimum Gasteiger partial charge on any atom is -0.491 e. The highest BCUT2D eigenvalue weighted by molar-refractivity contribution is 7.15. The third-order valence-corrected chi connectivity index (χ3v) is 3.64. The van der Waals surface area contributed by atoms with Crippen LogP contribution in [0.3, 0.4) is 0 Å². The molecule has 22 heavy (non-hydrogen) atoms. The van der Waals surface area contributed by atoms with Crippen LogP contribution in [0.5, 0.6) is 5.75 Å². The first-order chi connectivity index (χ1) is 10.6. The van der Waals surface area contributed by atoms with Crippen LogP contribution in [0.1, 0.15) is 31.3 Å². The van der Waals surface area contributed by atoms with Gasteiger partial charge in [-0.05, 0) is 44.0 Å². The van der Waals surface area contributed by atoms with E-state index >= 15 is 0 Å². The summed E-state index contributed by atoms with van der Waals surface area (Å²) in [6, 6.07) is 7.60. The van der Waals surface area contributed by atoms with Crippen molar-refractivity contribution in [2.45, 2.75) is 33.3 Å². The summed E-state index contributed by atoms with van der Waals surface area (Å²) in [5.74, 6) is 0.559. The number of anilines is 1. The molecule has 5 nitrogen and oxygen atoms in total. The van der Waals surface area contributed by atoms with Gasteiger partial charge in [0.25, 0.3) is 0 Å². The number of aromatic nitrogens is 2. The van der Waals surface area contributed by atoms with Crippen molar-refractivity contribution in [2.75, 3.05) is 5.32 Å². The van der Waals surface area contributed by atoms with E-state index in [9.17, 15) is 4.79 Å². The second-order valence-electron chi connectivity index (χ2n) is 4.92. The molecule has 0 spiro atoms. The van der Waals surface area contributed by atoms with Gasteiger partial charge in [0.1, 0.15) is 10.8 Å². The van der Waals surface area contributed by atoms with Crippen molar-refractivity contribution in [3.8, 4) is 5.75 Å². The van der Waals surface area contributed by atoms with Crippen LogP contribution in [0, 0.1) is 0 Å². The number of amides is 1. The van der Waals surface area contributed by atoms with Gasteiger partial charge in [0.05, 0.1) is 6.10 Å². The molecule has 0 aliphatic carbocycles. The lowest BCUT2D eigenvalue weighted by atomic mass is 10.2. The summed E-state index contributed by atoms with van der Waals surface area (Å²) in [7, 11) is 0. The maximum atomic E-state index is 11.9. The van der Waals surface area contributed by atoms with Gasteiger partial charge in [0.2, 0.25) is 11.0 Å². The van der Waals surface area contributed by atoms with Gasteiger partial charge in [-0.1, -0.05) is 30.4 Å². The third-order valence-electron chi connectivity index (χ3n) is 2.66. The van der Waals surface area contributed by atoms with Crippen LogP contribution in [-0.4, -0.2) is 22.2 Å². The molecule has 116 valence electrons. The number of benzene rings is 1. The number of nitrogens with zero attached hydrogens (tertiary/aromatic N) is 2. The van der Waals surface area contributed by atoms with E-state index in [4.69, 9.17) is 4.74 Å². The predicted octanol–water partition coefficient (Wildman–Crippen LogP) is 3.54. The quantitative estimate of drug-likeness (QED) is 0.828. The van der Waals surface area contributed by atoms with Crippen molar-refractivity contribution in [3.05, 3.63) is 40.9 Å². The van der Waals surface area contributed by atoms with Crippen LogP contribution in [0.4, 0.5) is 5.13 Å². The number of ether oxygens (including phenoxy) is 1. The van der Waals surface area contributed by atoms with E-state index < -0.39 is 0 Å². The number of hydrogen-bond donors (Lipinski definition) is 1. The Balaban J connectivity index is 1.97. The molecule has 0 fully saturated rings. The SMILES string of the molecule is CCc1nnc(NC(=O)/C=C/c2cccc(OC(C)C)c2)s1. The van der Waals surface area contributed by atoms with Crippen molar-refractivity contribution in [2.24, 2.45) is 0 Å². The first kappa shape index (κ1) is 16.2. The molecule has 0 unspecified atom stereocenters. The fourth-order valence-electron chi connectivity index (χ4n) is 1.73. The topological polar surface area (TPSA) is 64.1 Å². The fraction of sp³-hybridized carbons (Fsp3) is 0.312. The van der Waals surface area contributed by atoms with Crippen LogP contribution in [0.15, 0.2) is 30.3 Å². The number of aryl methyl sites for hydroxylation is 1. The average molecular weight is 317 g/mol. The van der Waals surface area contributed by atoms with E-state index in [1.807, 2.05) is 45.0 Å². The third kappa shape index (κ3) is 4.96. The molecule has 2 rings (SSSR count). The molecule has 0 saturated carbocycles. The summed E-state index contributed by atoms with van der Waals surface area (Å²) in [5.41, 5.74) is 0.903. The number of nitrogens with one attached hydrogen (secondary N) is 1. The van der Waals surface area contributed by atoms with E-state index in [0.29, 0.717) is 5.13 Å². The van der Waals surface area contributed by atoms with Crippen LogP contribution < -0.4 is 10.1 Å². The standard InChI is InChI=1S/C16H19N3O2S/c1-4-15-18-19-16(22-15)17-14(20)9-8-12-6-5-7-13(10-12)21-11(2)3/h5-11H,4H2,1-3H3,(H,17,19,20)/b9-8+. The van der Waals surface area contributed by atoms with Crippen molar-refractivity contribution in [1.82, 2.24) is 10.2 Å². The van der Waals surface area contributed by atoms with Crippen LogP contribution >= 0.6 is 11.3 Å². The highest BCUT2D eigenvalue weighted by Gasteiger charge is 2.04. The first-order valence-electron chi connectivity index (χ1n) is 7.15. The maximum Gasteiger partial charge on any atom is 0.250 e. The molecule has 0 aliphatic rings. The summed E-state index contributed by atoms with van der Waals surface area (Å²) in [6.45, 7) is 5.95. The molecule has 1 amide bonds. The molecule has 1 N–H and O–H groups in total. The number of carbonyl (C=O) groups is 1. The average Bonchev–Trinajstić information content (AvgIpc) is 2.92. The minimum absolute atomic E-state index is 0.118. The molecular weight excluding hydrogens is 298 g/mol. The molecular formula is C16H19N3O2S. The zero-order chi connectivity index (χ0) is 15.9. The van der Waals surface area contributed by atoms with E-state index in [1.54, 1.807) is 6.08 Å². The molecule has 0 radical (unpaired) electrons. The summed E-state index contributed by atoms with van der Waals surface area (Å²) < 4.78 is 5.62. The Kier molecular flexibility index (Phi) is 5.66. The van der Waals surface area contributed by atoms with Gasteiger partial charge < -0.3 is 4.74 Å². The number of hydrogen-bond acceptors (Lipinski definition) is 5. The number of carbonyl (C=O) groups excluding carboxylic acids is 1. The summed E-state index contributed by atoms with van der Waals surface area (Å²) in [6.07, 6.45) is 4.14. The van der Waals surface area contributed by atoms with Gasteiger partial charge in [-0.2, -0.15) is 0 Å². The van der Waals surface area contributed by atoms with Crippen molar-refractivity contribution >= 4 is 28.5 Å². The zero-order valence-electron chi connectivity index (χ0n) is 12.9. The molecule has 0 atom stereocenters. The van der Waals surface area contributed by atoms with Crippen molar-refractivity contribution in [3.63, 3.8) is 0 Å². The largest absolute Gasteiger partial charge is 0.491 e. The van der Waals surface area contributed by atoms with Crippen LogP contribution in [-0.2, 0) is 11.2 Å². The Morgan fingerprint density at radius 1 is 1.41 bits per heavy atom. The smallest absolute Gasteiger partial charge is 0.250 e. The molecule has 0 saturated heterocycles. The highest BCUT2D eigenvalue weighted by Crippen LogP contribution is 2.17. The molecule has 0 bridgehead atoms. The molecule has 1 heterocycles. The Hall–Kier alpha value is -2.21. The van der Waals surface area contributed by atoms with Gasteiger partial charge in [0.15, 0.2) is 0 Å². The minimum atomic E-state index is -0.228. The van der Waals surface area contributed by atoms with E-state index in [1.165, 1.54) is 17.4 Å². The van der Waals surface area contributed by atoms with Crippen LogP contribution in [0.25, 0.3) is 6.08 Å². The van der Waals surface area contributed by atoms with Gasteiger partial charge in [-0.15, -0.1) is 10.2 Å². The lowest BCUT2D eigenvalue weighted by molar-refractivity contribution is -0.111. The van der Waals surface area contributed by atoms with E-state index in [0.717, 1.165) is 22.7 Å². The van der Waals surface area contributed by atoms with Crippen LogP contribution in [0.2, 0.25) is 0 Å². The Morgan fingerprint density at radius 3 is 2.91 bits per heavy atom. The van der Waals surface area contributed by atoms with Gasteiger partial charge in [-0.3, -0.25) is 10.1 Å². The van der Waals surface area contributed by atoms with Gasteiger partial charge >= 0.3 is 0 Å². The zero-order valence-corrected chi connectivity index (χ0v) is 13.7. The van der Waals surface area contributed by atoms with Gasteiger partial charge in [0, 0.05) is 6.08 Å². The lowest BCUT2D eigenvalue weighted by Crippen LogP contribution is -2.07. The van der Waals surface area contributed by atoms with E-state index in [-0.39, 0.29) is 12.0 Å². The van der Waals surface area contributed by atoms with Crippen molar-refractivity contribution < 1.29 is 9.53 Å². The summed E-state index contributed by atoms with van der Waals surface area (Å²) in [4.78, 5) is 11.9. The molecule has 1 aromatic carbocycles. The van der Waals surface area contributed by atoms with Gasteiger partial charge in [-0.25, -0.2) is 0 Å². The Bertz CT molecular complexity index is 665. The number of rotatable bonds is 6. The fourth-order valence-corrected chi connectivity index (χ4v) is 2.41. The monoisotopic (exact) mass is 317 g/mol. The highest BCUT2D eigenvalue weighted by atomic mass is 32.1. The normalized spacial score (nSPS) is 11.1. The summed E-state index contributed by atoms with van der Waals surface area (Å²) >= 11 is 1.38. The maximum absolute atomic E-state index is 11.9. The molecule has 1 aromatic heterocycles. The Morgan fingerprint density at radius 2 is 2.23 bits per heavy atom. The Labute approximate surface area is 134 Å². The predicted molar refractivity (Wildman–Crippen MR) is 89.2 cm³/mol. The molecule has 2 aromatic rings. The van der Waals surface area contributed by atoms with E-state index in [2.05, 4.69) is 15.5 Å². The molecule has 0 aliphatic heterocycles. The lowest BCUT2D eigenvalue weighted by Gasteiger charge is -2.09. The summed E-state index contributed by atoms with van der Waals surface area (Å²) in [5, 5.41) is 12.0. The van der Waals surface area contributed by atoms with Crippen molar-refractivity contribution in [1.29, 1.82) is 0 Å².